The standard InChI is InChI=1S/C14H18N2O2.ClH/c17-14(13-9-18-8-7-15-13)16-12-6-5-10-3-1-2-4-11(10)12;/h1-4,12-13,15H,5-9H2,(H,16,17);1H. The first-order valence-corrected chi connectivity index (χ1v) is 6.54. The van der Waals surface area contributed by atoms with Crippen LogP contribution in [0.2, 0.25) is 0 Å². The minimum absolute atomic E-state index is 0. The van der Waals surface area contributed by atoms with Gasteiger partial charge in [-0.2, -0.15) is 0 Å². The van der Waals surface area contributed by atoms with Crippen LogP contribution in [0.5, 0.6) is 0 Å². The van der Waals surface area contributed by atoms with Crippen LogP contribution in [0.25, 0.3) is 0 Å². The zero-order valence-electron chi connectivity index (χ0n) is 10.7. The summed E-state index contributed by atoms with van der Waals surface area (Å²) in [5.41, 5.74) is 2.62. The summed E-state index contributed by atoms with van der Waals surface area (Å²) in [4.78, 5) is 12.1. The monoisotopic (exact) mass is 282 g/mol. The van der Waals surface area contributed by atoms with Crippen molar-refractivity contribution in [3.63, 3.8) is 0 Å². The molecular weight excluding hydrogens is 264 g/mol. The van der Waals surface area contributed by atoms with E-state index in [0.717, 1.165) is 19.4 Å². The third kappa shape index (κ3) is 3.08. The molecule has 1 saturated heterocycles. The minimum atomic E-state index is -0.202. The van der Waals surface area contributed by atoms with Crippen molar-refractivity contribution < 1.29 is 9.53 Å². The van der Waals surface area contributed by atoms with Gasteiger partial charge in [0.1, 0.15) is 6.04 Å². The smallest absolute Gasteiger partial charge is 0.240 e. The third-order valence-corrected chi connectivity index (χ3v) is 3.69. The van der Waals surface area contributed by atoms with Crippen molar-refractivity contribution in [1.29, 1.82) is 0 Å². The topological polar surface area (TPSA) is 50.4 Å². The first-order chi connectivity index (χ1) is 8.84. The summed E-state index contributed by atoms with van der Waals surface area (Å²) in [5, 5.41) is 6.30. The van der Waals surface area contributed by atoms with Crippen molar-refractivity contribution in [3.05, 3.63) is 35.4 Å². The van der Waals surface area contributed by atoms with Crippen LogP contribution in [0.15, 0.2) is 24.3 Å². The molecular formula is C14H19ClN2O2. The van der Waals surface area contributed by atoms with Crippen molar-refractivity contribution in [2.75, 3.05) is 19.8 Å². The van der Waals surface area contributed by atoms with Crippen molar-refractivity contribution in [2.24, 2.45) is 0 Å². The van der Waals surface area contributed by atoms with Gasteiger partial charge in [-0.15, -0.1) is 12.4 Å². The molecule has 1 fully saturated rings. The summed E-state index contributed by atoms with van der Waals surface area (Å²) >= 11 is 0. The van der Waals surface area contributed by atoms with Gasteiger partial charge < -0.3 is 15.4 Å². The average molecular weight is 283 g/mol. The second-order valence-electron chi connectivity index (χ2n) is 4.88. The maximum atomic E-state index is 12.1. The fourth-order valence-corrected chi connectivity index (χ4v) is 2.71. The van der Waals surface area contributed by atoms with Gasteiger partial charge in [-0.3, -0.25) is 4.79 Å². The molecule has 104 valence electrons. The van der Waals surface area contributed by atoms with Crippen LogP contribution in [0.1, 0.15) is 23.6 Å². The Bertz CT molecular complexity index is 447. The van der Waals surface area contributed by atoms with E-state index in [2.05, 4.69) is 28.8 Å². The molecule has 2 unspecified atom stereocenters. The van der Waals surface area contributed by atoms with E-state index in [1.54, 1.807) is 0 Å². The van der Waals surface area contributed by atoms with Gasteiger partial charge in [0.2, 0.25) is 5.91 Å². The third-order valence-electron chi connectivity index (χ3n) is 3.69. The van der Waals surface area contributed by atoms with Gasteiger partial charge in [-0.05, 0) is 24.0 Å². The highest BCUT2D eigenvalue weighted by molar-refractivity contribution is 5.85. The maximum Gasteiger partial charge on any atom is 0.240 e. The van der Waals surface area contributed by atoms with Crippen molar-refractivity contribution >= 4 is 18.3 Å². The molecule has 2 atom stereocenters. The van der Waals surface area contributed by atoms with Gasteiger partial charge in [0.15, 0.2) is 0 Å². The largest absolute Gasteiger partial charge is 0.378 e. The lowest BCUT2D eigenvalue weighted by Crippen LogP contribution is -2.51. The number of halogens is 1. The molecule has 1 amide bonds. The summed E-state index contributed by atoms with van der Waals surface area (Å²) in [6, 6.07) is 8.30. The van der Waals surface area contributed by atoms with Gasteiger partial charge in [0.05, 0.1) is 19.3 Å². The second kappa shape index (κ2) is 6.37. The Hall–Kier alpha value is -1.10. The Balaban J connectivity index is 0.00000133. The van der Waals surface area contributed by atoms with E-state index in [1.807, 2.05) is 6.07 Å². The molecule has 0 radical (unpaired) electrons. The van der Waals surface area contributed by atoms with E-state index in [0.29, 0.717) is 13.2 Å². The maximum absolute atomic E-state index is 12.1. The molecule has 1 aliphatic heterocycles. The summed E-state index contributed by atoms with van der Waals surface area (Å²) in [6.07, 6.45) is 2.05. The van der Waals surface area contributed by atoms with E-state index < -0.39 is 0 Å². The zero-order chi connectivity index (χ0) is 12.4. The molecule has 4 nitrogen and oxygen atoms in total. The van der Waals surface area contributed by atoms with Gasteiger partial charge in [0.25, 0.3) is 0 Å². The fraction of sp³-hybridized carbons (Fsp3) is 0.500. The number of morpholine rings is 1. The van der Waals surface area contributed by atoms with E-state index in [-0.39, 0.29) is 30.4 Å². The number of hydrogen-bond acceptors (Lipinski definition) is 3. The molecule has 1 aromatic carbocycles. The highest BCUT2D eigenvalue weighted by Gasteiger charge is 2.27. The molecule has 2 aliphatic rings. The first kappa shape index (κ1) is 14.3. The Morgan fingerprint density at radius 2 is 2.21 bits per heavy atom. The number of rotatable bonds is 2. The molecule has 3 rings (SSSR count). The normalized spacial score (nSPS) is 25.3. The number of amides is 1. The molecule has 1 aliphatic carbocycles. The van der Waals surface area contributed by atoms with Crippen LogP contribution in [-0.4, -0.2) is 31.7 Å². The minimum Gasteiger partial charge on any atom is -0.378 e. The van der Waals surface area contributed by atoms with Crippen LogP contribution >= 0.6 is 12.4 Å². The lowest BCUT2D eigenvalue weighted by atomic mass is 10.1. The number of fused-ring (bicyclic) bond motifs is 1. The van der Waals surface area contributed by atoms with Crippen molar-refractivity contribution in [1.82, 2.24) is 10.6 Å². The number of aryl methyl sites for hydroxylation is 1. The van der Waals surface area contributed by atoms with Crippen molar-refractivity contribution in [3.8, 4) is 0 Å². The number of benzene rings is 1. The van der Waals surface area contributed by atoms with Gasteiger partial charge >= 0.3 is 0 Å². The summed E-state index contributed by atoms with van der Waals surface area (Å²) in [5.74, 6) is 0.0522. The predicted molar refractivity (Wildman–Crippen MR) is 75.5 cm³/mol. The molecule has 5 heteroatoms. The number of carbonyl (C=O) groups is 1. The summed E-state index contributed by atoms with van der Waals surface area (Å²) < 4.78 is 5.31. The van der Waals surface area contributed by atoms with E-state index >= 15 is 0 Å². The Kier molecular flexibility index (Phi) is 4.80. The fourth-order valence-electron chi connectivity index (χ4n) is 2.71. The zero-order valence-corrected chi connectivity index (χ0v) is 11.5. The van der Waals surface area contributed by atoms with Crippen LogP contribution in [0, 0.1) is 0 Å². The van der Waals surface area contributed by atoms with E-state index in [4.69, 9.17) is 4.74 Å². The van der Waals surface area contributed by atoms with Gasteiger partial charge in [-0.25, -0.2) is 0 Å². The molecule has 1 aromatic rings. The molecule has 0 aromatic heterocycles. The molecule has 1 heterocycles. The Labute approximate surface area is 119 Å². The first-order valence-electron chi connectivity index (χ1n) is 6.54. The van der Waals surface area contributed by atoms with Crippen LogP contribution in [-0.2, 0) is 16.0 Å². The van der Waals surface area contributed by atoms with Crippen LogP contribution in [0.3, 0.4) is 0 Å². The van der Waals surface area contributed by atoms with Crippen LogP contribution < -0.4 is 10.6 Å². The number of ether oxygens (including phenoxy) is 1. The number of hydrogen-bond donors (Lipinski definition) is 2. The van der Waals surface area contributed by atoms with E-state index in [9.17, 15) is 4.79 Å². The second-order valence-corrected chi connectivity index (χ2v) is 4.88. The van der Waals surface area contributed by atoms with Crippen molar-refractivity contribution in [2.45, 2.75) is 24.9 Å². The summed E-state index contributed by atoms with van der Waals surface area (Å²) in [6.45, 7) is 1.91. The molecule has 19 heavy (non-hydrogen) atoms. The van der Waals surface area contributed by atoms with Gasteiger partial charge in [0, 0.05) is 6.54 Å². The number of carbonyl (C=O) groups excluding carboxylic acids is 1. The van der Waals surface area contributed by atoms with E-state index in [1.165, 1.54) is 11.1 Å². The lowest BCUT2D eigenvalue weighted by molar-refractivity contribution is -0.126. The predicted octanol–water partition coefficient (Wildman–Crippen LogP) is 1.20. The highest BCUT2D eigenvalue weighted by atomic mass is 35.5. The lowest BCUT2D eigenvalue weighted by Gasteiger charge is -2.25. The number of nitrogens with one attached hydrogen (secondary N) is 2. The SMILES string of the molecule is Cl.O=C(NC1CCc2ccccc21)C1COCCN1. The molecule has 0 bridgehead atoms. The highest BCUT2D eigenvalue weighted by Crippen LogP contribution is 2.30. The summed E-state index contributed by atoms with van der Waals surface area (Å²) in [7, 11) is 0. The molecule has 0 spiro atoms. The Morgan fingerprint density at radius 3 is 3.00 bits per heavy atom. The molecule has 2 N–H and O–H groups in total. The van der Waals surface area contributed by atoms with Gasteiger partial charge in [-0.1, -0.05) is 24.3 Å². The average Bonchev–Trinajstić information content (AvgIpc) is 2.83. The molecule has 0 saturated carbocycles. The van der Waals surface area contributed by atoms with Crippen LogP contribution in [0.4, 0.5) is 0 Å². The Morgan fingerprint density at radius 1 is 1.37 bits per heavy atom. The quantitative estimate of drug-likeness (QED) is 0.857.